The first-order chi connectivity index (χ1) is 11.8. The quantitative estimate of drug-likeness (QED) is 0.864. The maximum Gasteiger partial charge on any atom is 0.242 e. The van der Waals surface area contributed by atoms with Crippen molar-refractivity contribution in [2.45, 2.75) is 12.5 Å². The highest BCUT2D eigenvalue weighted by Gasteiger charge is 2.28. The minimum atomic E-state index is -0.327. The first-order valence-corrected chi connectivity index (χ1v) is 8.24. The van der Waals surface area contributed by atoms with Crippen LogP contribution in [-0.4, -0.2) is 53.6 Å². The van der Waals surface area contributed by atoms with Crippen LogP contribution in [0.4, 0.5) is 0 Å². The van der Waals surface area contributed by atoms with Gasteiger partial charge < -0.3 is 10.1 Å². The second-order valence-electron chi connectivity index (χ2n) is 5.70. The molecule has 0 bridgehead atoms. The van der Waals surface area contributed by atoms with Gasteiger partial charge in [-0.25, -0.2) is 0 Å². The molecule has 0 unspecified atom stereocenters. The van der Waals surface area contributed by atoms with E-state index >= 15 is 0 Å². The highest BCUT2D eigenvalue weighted by Crippen LogP contribution is 2.21. The Morgan fingerprint density at radius 1 is 1.21 bits per heavy atom. The molecule has 0 aliphatic carbocycles. The van der Waals surface area contributed by atoms with Gasteiger partial charge in [-0.2, -0.15) is 0 Å². The Bertz CT molecular complexity index is 630. The van der Waals surface area contributed by atoms with Crippen molar-refractivity contribution < 1.29 is 9.53 Å². The van der Waals surface area contributed by atoms with Gasteiger partial charge in [-0.3, -0.25) is 19.7 Å². The summed E-state index contributed by atoms with van der Waals surface area (Å²) in [6, 6.07) is 9.29. The molecular formula is C18H22N4O2. The van der Waals surface area contributed by atoms with Crippen LogP contribution in [0.3, 0.4) is 0 Å². The van der Waals surface area contributed by atoms with Crippen LogP contribution >= 0.6 is 0 Å². The first-order valence-electron chi connectivity index (χ1n) is 8.24. The molecule has 1 aliphatic rings. The van der Waals surface area contributed by atoms with Crippen LogP contribution in [0.2, 0.25) is 0 Å². The number of nitrogens with one attached hydrogen (secondary N) is 1. The third-order valence-corrected chi connectivity index (χ3v) is 4.07. The Kier molecular flexibility index (Phi) is 5.87. The van der Waals surface area contributed by atoms with Crippen molar-refractivity contribution in [3.8, 4) is 0 Å². The fourth-order valence-corrected chi connectivity index (χ4v) is 2.86. The lowest BCUT2D eigenvalue weighted by Gasteiger charge is -2.33. The third-order valence-electron chi connectivity index (χ3n) is 4.07. The van der Waals surface area contributed by atoms with Crippen molar-refractivity contribution in [3.63, 3.8) is 0 Å². The van der Waals surface area contributed by atoms with Crippen LogP contribution in [0.1, 0.15) is 17.3 Å². The summed E-state index contributed by atoms with van der Waals surface area (Å²) in [4.78, 5) is 23.4. The summed E-state index contributed by atoms with van der Waals surface area (Å²) < 4.78 is 5.41. The van der Waals surface area contributed by atoms with Crippen LogP contribution in [0.15, 0.2) is 48.9 Å². The van der Waals surface area contributed by atoms with E-state index in [9.17, 15) is 4.79 Å². The predicted molar refractivity (Wildman–Crippen MR) is 90.3 cm³/mol. The van der Waals surface area contributed by atoms with Gasteiger partial charge in [0.15, 0.2) is 0 Å². The maximum absolute atomic E-state index is 12.8. The summed E-state index contributed by atoms with van der Waals surface area (Å²) >= 11 is 0. The highest BCUT2D eigenvalue weighted by molar-refractivity contribution is 5.83. The second kappa shape index (κ2) is 8.52. The molecule has 6 nitrogen and oxygen atoms in total. The van der Waals surface area contributed by atoms with E-state index < -0.39 is 0 Å². The summed E-state index contributed by atoms with van der Waals surface area (Å²) in [5.74, 6) is 0.000770. The van der Waals surface area contributed by atoms with Gasteiger partial charge in [-0.1, -0.05) is 12.1 Å². The number of carbonyl (C=O) groups excluding carboxylic acids is 1. The molecular weight excluding hydrogens is 304 g/mol. The largest absolute Gasteiger partial charge is 0.379 e. The Hall–Kier alpha value is -2.31. The van der Waals surface area contributed by atoms with E-state index in [1.807, 2.05) is 30.3 Å². The lowest BCUT2D eigenvalue weighted by atomic mass is 10.1. The molecule has 3 rings (SSSR count). The number of amides is 1. The monoisotopic (exact) mass is 326 g/mol. The van der Waals surface area contributed by atoms with Gasteiger partial charge >= 0.3 is 0 Å². The van der Waals surface area contributed by atoms with Crippen LogP contribution in [-0.2, 0) is 16.0 Å². The molecule has 2 aromatic rings. The molecule has 3 heterocycles. The zero-order valence-electron chi connectivity index (χ0n) is 13.6. The third kappa shape index (κ3) is 4.37. The number of aromatic nitrogens is 2. The van der Waals surface area contributed by atoms with Gasteiger partial charge in [0.1, 0.15) is 6.04 Å². The number of hydrogen-bond acceptors (Lipinski definition) is 5. The molecule has 1 aliphatic heterocycles. The van der Waals surface area contributed by atoms with Crippen LogP contribution < -0.4 is 5.32 Å². The van der Waals surface area contributed by atoms with Crippen LogP contribution in [0.25, 0.3) is 0 Å². The number of ether oxygens (including phenoxy) is 1. The molecule has 1 atom stereocenters. The van der Waals surface area contributed by atoms with Gasteiger partial charge in [-0.05, 0) is 23.8 Å². The van der Waals surface area contributed by atoms with E-state index in [0.717, 1.165) is 30.8 Å². The molecule has 1 fully saturated rings. The van der Waals surface area contributed by atoms with Gasteiger partial charge in [0, 0.05) is 50.3 Å². The van der Waals surface area contributed by atoms with Gasteiger partial charge in [-0.15, -0.1) is 0 Å². The minimum absolute atomic E-state index is 0.000770. The van der Waals surface area contributed by atoms with Crippen molar-refractivity contribution >= 4 is 5.91 Å². The molecule has 0 radical (unpaired) electrons. The number of rotatable bonds is 6. The predicted octanol–water partition coefficient (Wildman–Crippen LogP) is 1.21. The smallest absolute Gasteiger partial charge is 0.242 e. The van der Waals surface area contributed by atoms with E-state index in [2.05, 4.69) is 20.2 Å². The fraction of sp³-hybridized carbons (Fsp3) is 0.389. The zero-order valence-corrected chi connectivity index (χ0v) is 13.6. The number of pyridine rings is 2. The molecule has 2 aromatic heterocycles. The zero-order chi connectivity index (χ0) is 16.6. The normalized spacial score (nSPS) is 16.5. The molecule has 0 aromatic carbocycles. The van der Waals surface area contributed by atoms with E-state index in [4.69, 9.17) is 4.74 Å². The average Bonchev–Trinajstić information content (AvgIpc) is 2.65. The molecule has 1 saturated heterocycles. The Labute approximate surface area is 141 Å². The Morgan fingerprint density at radius 3 is 2.79 bits per heavy atom. The second-order valence-corrected chi connectivity index (χ2v) is 5.70. The molecule has 6 heteroatoms. The lowest BCUT2D eigenvalue weighted by Crippen LogP contribution is -2.46. The summed E-state index contributed by atoms with van der Waals surface area (Å²) in [5.41, 5.74) is 1.89. The van der Waals surface area contributed by atoms with E-state index in [1.165, 1.54) is 0 Å². The van der Waals surface area contributed by atoms with Crippen LogP contribution in [0, 0.1) is 0 Å². The average molecular weight is 326 g/mol. The number of morpholine rings is 1. The lowest BCUT2D eigenvalue weighted by molar-refractivity contribution is -0.128. The maximum atomic E-state index is 12.8. The van der Waals surface area contributed by atoms with E-state index in [1.54, 1.807) is 18.6 Å². The standard InChI is InChI=1S/C18H22N4O2/c23-18(21-9-6-16-5-1-2-8-20-16)17(15-4-3-7-19-14-15)22-10-12-24-13-11-22/h1-5,7-8,14,17H,6,9-13H2,(H,21,23)/t17-/m0/s1. The number of hydrogen-bond donors (Lipinski definition) is 1. The first kappa shape index (κ1) is 16.5. The van der Waals surface area contributed by atoms with Gasteiger partial charge in [0.05, 0.1) is 13.2 Å². The molecule has 24 heavy (non-hydrogen) atoms. The summed E-state index contributed by atoms with van der Waals surface area (Å²) in [5, 5.41) is 3.04. The molecule has 126 valence electrons. The van der Waals surface area contributed by atoms with Crippen molar-refractivity contribution in [2.75, 3.05) is 32.8 Å². The Morgan fingerprint density at radius 2 is 2.08 bits per heavy atom. The topological polar surface area (TPSA) is 67.4 Å². The van der Waals surface area contributed by atoms with Gasteiger partial charge in [0.25, 0.3) is 0 Å². The summed E-state index contributed by atoms with van der Waals surface area (Å²) in [6.45, 7) is 3.35. The highest BCUT2D eigenvalue weighted by atomic mass is 16.5. The Balaban J connectivity index is 1.64. The molecule has 0 spiro atoms. The SMILES string of the molecule is O=C(NCCc1ccccn1)[C@H](c1cccnc1)N1CCOCC1. The van der Waals surface area contributed by atoms with Crippen molar-refractivity contribution in [1.82, 2.24) is 20.2 Å². The van der Waals surface area contributed by atoms with E-state index in [-0.39, 0.29) is 11.9 Å². The number of nitrogens with zero attached hydrogens (tertiary/aromatic N) is 3. The van der Waals surface area contributed by atoms with Crippen molar-refractivity contribution in [2.24, 2.45) is 0 Å². The van der Waals surface area contributed by atoms with Crippen molar-refractivity contribution in [1.29, 1.82) is 0 Å². The van der Waals surface area contributed by atoms with Crippen LogP contribution in [0.5, 0.6) is 0 Å². The number of carbonyl (C=O) groups is 1. The molecule has 0 saturated carbocycles. The van der Waals surface area contributed by atoms with Gasteiger partial charge in [0.2, 0.25) is 5.91 Å². The van der Waals surface area contributed by atoms with Crippen molar-refractivity contribution in [3.05, 3.63) is 60.2 Å². The minimum Gasteiger partial charge on any atom is -0.379 e. The molecule has 1 N–H and O–H groups in total. The summed E-state index contributed by atoms with van der Waals surface area (Å²) in [6.07, 6.45) is 5.97. The summed E-state index contributed by atoms with van der Waals surface area (Å²) in [7, 11) is 0. The van der Waals surface area contributed by atoms with E-state index in [0.29, 0.717) is 19.8 Å². The fourth-order valence-electron chi connectivity index (χ4n) is 2.86. The molecule has 1 amide bonds.